The maximum atomic E-state index is 3.43. The Morgan fingerprint density at radius 1 is 1.32 bits per heavy atom. The molecule has 0 unspecified atom stereocenters. The molecule has 112 valence electrons. The summed E-state index contributed by atoms with van der Waals surface area (Å²) in [5, 5.41) is 12.0. The summed E-state index contributed by atoms with van der Waals surface area (Å²) in [5.41, 5.74) is 1.30. The Bertz CT molecular complexity index is 309. The standard InChI is InChI=1S/C14H30N4S/c1-8-16-13(15-4)9-17-12(10-19-7)14(2,3)11-18(5)6/h9-10,15-17H,8,11H2,1-7H3/b12-10+,13-9-. The van der Waals surface area contributed by atoms with Crippen molar-refractivity contribution in [3.63, 3.8) is 0 Å². The summed E-state index contributed by atoms with van der Waals surface area (Å²) >= 11 is 1.72. The van der Waals surface area contributed by atoms with Crippen LogP contribution in [0.5, 0.6) is 0 Å². The molecule has 0 fully saturated rings. The van der Waals surface area contributed by atoms with Crippen LogP contribution in [0.3, 0.4) is 0 Å². The number of rotatable bonds is 9. The van der Waals surface area contributed by atoms with Crippen LogP contribution in [0, 0.1) is 5.41 Å². The molecule has 0 aromatic rings. The number of hydrogen-bond donors (Lipinski definition) is 3. The monoisotopic (exact) mass is 286 g/mol. The molecule has 0 atom stereocenters. The van der Waals surface area contributed by atoms with Crippen molar-refractivity contribution in [1.82, 2.24) is 20.9 Å². The van der Waals surface area contributed by atoms with Gasteiger partial charge in [0, 0.05) is 37.4 Å². The van der Waals surface area contributed by atoms with Crippen molar-refractivity contribution < 1.29 is 0 Å². The smallest absolute Gasteiger partial charge is 0.115 e. The maximum Gasteiger partial charge on any atom is 0.115 e. The fraction of sp³-hybridized carbons (Fsp3) is 0.714. The van der Waals surface area contributed by atoms with Crippen molar-refractivity contribution in [3.05, 3.63) is 23.1 Å². The Kier molecular flexibility index (Phi) is 8.76. The maximum absolute atomic E-state index is 3.43. The van der Waals surface area contributed by atoms with E-state index >= 15 is 0 Å². The normalized spacial score (nSPS) is 13.7. The molecule has 4 nitrogen and oxygen atoms in total. The highest BCUT2D eigenvalue weighted by atomic mass is 32.2. The van der Waals surface area contributed by atoms with E-state index in [1.807, 2.05) is 13.2 Å². The van der Waals surface area contributed by atoms with Crippen LogP contribution in [0.2, 0.25) is 0 Å². The van der Waals surface area contributed by atoms with Crippen LogP contribution >= 0.6 is 11.8 Å². The van der Waals surface area contributed by atoms with E-state index < -0.39 is 0 Å². The molecule has 0 aliphatic rings. The van der Waals surface area contributed by atoms with Crippen molar-refractivity contribution in [2.24, 2.45) is 5.41 Å². The molecule has 0 aliphatic carbocycles. The first-order valence-electron chi connectivity index (χ1n) is 6.63. The molecular weight excluding hydrogens is 256 g/mol. The first-order chi connectivity index (χ1) is 8.87. The second kappa shape index (κ2) is 9.15. The predicted octanol–water partition coefficient (Wildman–Crippen LogP) is 2.00. The molecule has 0 radical (unpaired) electrons. The quantitative estimate of drug-likeness (QED) is 0.605. The zero-order chi connectivity index (χ0) is 14.9. The topological polar surface area (TPSA) is 39.3 Å². The lowest BCUT2D eigenvalue weighted by atomic mass is 9.89. The van der Waals surface area contributed by atoms with Gasteiger partial charge in [0.2, 0.25) is 0 Å². The molecule has 0 aliphatic heterocycles. The molecule has 0 bridgehead atoms. The zero-order valence-corrected chi connectivity index (χ0v) is 14.2. The molecule has 0 saturated carbocycles. The van der Waals surface area contributed by atoms with Crippen molar-refractivity contribution in [2.45, 2.75) is 20.8 Å². The van der Waals surface area contributed by atoms with Gasteiger partial charge >= 0.3 is 0 Å². The van der Waals surface area contributed by atoms with Gasteiger partial charge in [0.15, 0.2) is 0 Å². The molecule has 19 heavy (non-hydrogen) atoms. The van der Waals surface area contributed by atoms with Crippen LogP contribution in [-0.2, 0) is 0 Å². The van der Waals surface area contributed by atoms with Gasteiger partial charge in [0.05, 0.1) is 0 Å². The Morgan fingerprint density at radius 2 is 1.95 bits per heavy atom. The number of nitrogens with zero attached hydrogens (tertiary/aromatic N) is 1. The molecular formula is C14H30N4S. The zero-order valence-electron chi connectivity index (χ0n) is 13.4. The lowest BCUT2D eigenvalue weighted by molar-refractivity contribution is 0.273. The van der Waals surface area contributed by atoms with Crippen LogP contribution in [0.1, 0.15) is 20.8 Å². The molecule has 0 heterocycles. The number of hydrogen-bond acceptors (Lipinski definition) is 5. The second-order valence-electron chi connectivity index (χ2n) is 5.37. The predicted molar refractivity (Wildman–Crippen MR) is 87.9 cm³/mol. The van der Waals surface area contributed by atoms with Crippen LogP contribution in [0.15, 0.2) is 23.1 Å². The highest BCUT2D eigenvalue weighted by Crippen LogP contribution is 2.26. The fourth-order valence-corrected chi connectivity index (χ4v) is 2.56. The van der Waals surface area contributed by atoms with Gasteiger partial charge in [0.25, 0.3) is 0 Å². The van der Waals surface area contributed by atoms with Crippen molar-refractivity contribution in [1.29, 1.82) is 0 Å². The largest absolute Gasteiger partial charge is 0.374 e. The summed E-state index contributed by atoms with van der Waals surface area (Å²) in [5.74, 6) is 0.996. The lowest BCUT2D eigenvalue weighted by Crippen LogP contribution is -2.35. The number of nitrogens with one attached hydrogen (secondary N) is 3. The van der Waals surface area contributed by atoms with Crippen molar-refractivity contribution in [3.8, 4) is 0 Å². The van der Waals surface area contributed by atoms with Gasteiger partial charge in [-0.3, -0.25) is 0 Å². The average Bonchev–Trinajstić information content (AvgIpc) is 2.30. The Labute approximate surface area is 123 Å². The Morgan fingerprint density at radius 3 is 2.37 bits per heavy atom. The molecule has 0 amide bonds. The third kappa shape index (κ3) is 7.38. The second-order valence-corrected chi connectivity index (χ2v) is 6.08. The van der Waals surface area contributed by atoms with Crippen LogP contribution in [0.4, 0.5) is 0 Å². The van der Waals surface area contributed by atoms with E-state index in [1.54, 1.807) is 11.8 Å². The SMILES string of the molecule is CCN/C(=C\N/C(=C/SC)C(C)(C)CN(C)C)NC. The molecule has 0 spiro atoms. The molecule has 0 aromatic carbocycles. The molecule has 0 rings (SSSR count). The van der Waals surface area contributed by atoms with E-state index in [0.717, 1.165) is 18.9 Å². The van der Waals surface area contributed by atoms with Gasteiger partial charge in [-0.1, -0.05) is 13.8 Å². The lowest BCUT2D eigenvalue weighted by Gasteiger charge is -2.31. The summed E-state index contributed by atoms with van der Waals surface area (Å²) in [4.78, 5) is 2.21. The minimum atomic E-state index is 0.0775. The average molecular weight is 286 g/mol. The summed E-state index contributed by atoms with van der Waals surface area (Å²) in [6.45, 7) is 8.48. The highest BCUT2D eigenvalue weighted by molar-refractivity contribution is 8.01. The molecule has 3 N–H and O–H groups in total. The van der Waals surface area contributed by atoms with E-state index in [2.05, 4.69) is 67.4 Å². The highest BCUT2D eigenvalue weighted by Gasteiger charge is 2.23. The first-order valence-corrected chi connectivity index (χ1v) is 7.92. The summed E-state index contributed by atoms with van der Waals surface area (Å²) in [6, 6.07) is 0. The van der Waals surface area contributed by atoms with Crippen LogP contribution in [0.25, 0.3) is 0 Å². The van der Waals surface area contributed by atoms with E-state index in [4.69, 9.17) is 0 Å². The van der Waals surface area contributed by atoms with E-state index in [9.17, 15) is 0 Å². The van der Waals surface area contributed by atoms with Gasteiger partial charge in [-0.2, -0.15) is 0 Å². The van der Waals surface area contributed by atoms with Crippen LogP contribution < -0.4 is 16.0 Å². The number of thioether (sulfide) groups is 1. The first kappa shape index (κ1) is 18.2. The van der Waals surface area contributed by atoms with E-state index in [0.29, 0.717) is 0 Å². The summed E-state index contributed by atoms with van der Waals surface area (Å²) < 4.78 is 0. The van der Waals surface area contributed by atoms with Gasteiger partial charge < -0.3 is 20.9 Å². The minimum absolute atomic E-state index is 0.0775. The van der Waals surface area contributed by atoms with Crippen LogP contribution in [-0.4, -0.2) is 45.4 Å². The van der Waals surface area contributed by atoms with Crippen molar-refractivity contribution in [2.75, 3.05) is 40.5 Å². The molecule has 0 saturated heterocycles. The molecule has 5 heteroatoms. The Hall–Kier alpha value is -0.810. The molecule has 0 aromatic heterocycles. The van der Waals surface area contributed by atoms with E-state index in [1.165, 1.54) is 5.70 Å². The summed E-state index contributed by atoms with van der Waals surface area (Å²) in [6.07, 6.45) is 4.07. The summed E-state index contributed by atoms with van der Waals surface area (Å²) in [7, 11) is 6.12. The van der Waals surface area contributed by atoms with Gasteiger partial charge in [-0.25, -0.2) is 0 Å². The van der Waals surface area contributed by atoms with Crippen molar-refractivity contribution >= 4 is 11.8 Å². The van der Waals surface area contributed by atoms with Gasteiger partial charge in [0.1, 0.15) is 5.82 Å². The Balaban J connectivity index is 4.88. The third-order valence-electron chi connectivity index (χ3n) is 2.68. The van der Waals surface area contributed by atoms with Gasteiger partial charge in [-0.15, -0.1) is 11.8 Å². The fourth-order valence-electron chi connectivity index (χ4n) is 1.93. The van der Waals surface area contributed by atoms with E-state index in [-0.39, 0.29) is 5.41 Å². The third-order valence-corrected chi connectivity index (χ3v) is 3.16. The minimum Gasteiger partial charge on any atom is -0.374 e. The van der Waals surface area contributed by atoms with Gasteiger partial charge in [-0.05, 0) is 32.7 Å².